The lowest BCUT2D eigenvalue weighted by atomic mass is 9.85. The van der Waals surface area contributed by atoms with Gasteiger partial charge in [-0.05, 0) is 49.6 Å². The first kappa shape index (κ1) is 26.2. The van der Waals surface area contributed by atoms with Gasteiger partial charge >= 0.3 is 0 Å². The van der Waals surface area contributed by atoms with Gasteiger partial charge in [-0.1, -0.05) is 55.7 Å². The summed E-state index contributed by atoms with van der Waals surface area (Å²) in [7, 11) is 0. The number of amides is 1. The smallest absolute Gasteiger partial charge is 0.243 e. The van der Waals surface area contributed by atoms with E-state index in [0.717, 1.165) is 49.1 Å². The summed E-state index contributed by atoms with van der Waals surface area (Å²) in [6.07, 6.45) is 8.60. The normalized spacial score (nSPS) is 11.3. The molecule has 7 heteroatoms. The zero-order valence-electron chi connectivity index (χ0n) is 20.2. The molecule has 184 valence electrons. The number of hydrogen-bond donors (Lipinski definition) is 2. The number of pyridine rings is 2. The van der Waals surface area contributed by atoms with Crippen LogP contribution < -0.4 is 5.48 Å². The molecule has 0 spiro atoms. The van der Waals surface area contributed by atoms with Crippen LogP contribution in [-0.4, -0.2) is 33.5 Å². The first-order chi connectivity index (χ1) is 17.1. The fourth-order valence-electron chi connectivity index (χ4n) is 4.21. The molecule has 2 N–H and O–H groups in total. The largest absolute Gasteiger partial charge is 0.358 e. The maximum atomic E-state index is 12.8. The molecule has 2 heterocycles. The Bertz CT molecular complexity index is 1020. The van der Waals surface area contributed by atoms with Gasteiger partial charge in [-0.2, -0.15) is 0 Å². The van der Waals surface area contributed by atoms with Gasteiger partial charge in [0.2, 0.25) is 5.91 Å². The molecule has 0 fully saturated rings. The van der Waals surface area contributed by atoms with Crippen molar-refractivity contribution in [2.24, 2.45) is 0 Å². The summed E-state index contributed by atoms with van der Waals surface area (Å²) in [6, 6.07) is 19.0. The highest BCUT2D eigenvalue weighted by Crippen LogP contribution is 2.38. The Morgan fingerprint density at radius 1 is 0.829 bits per heavy atom. The zero-order chi connectivity index (χ0) is 24.9. The Morgan fingerprint density at radius 3 is 1.91 bits per heavy atom. The molecular formula is C28H33N3O4. The number of benzene rings is 1. The molecule has 3 aromatic rings. The molecule has 2 aromatic heterocycles. The van der Waals surface area contributed by atoms with E-state index in [2.05, 4.69) is 9.97 Å². The quantitative estimate of drug-likeness (QED) is 0.143. The van der Waals surface area contributed by atoms with Gasteiger partial charge in [0, 0.05) is 37.4 Å². The summed E-state index contributed by atoms with van der Waals surface area (Å²) >= 11 is 0. The van der Waals surface area contributed by atoms with E-state index in [1.807, 2.05) is 67.6 Å². The highest BCUT2D eigenvalue weighted by molar-refractivity contribution is 5.96. The van der Waals surface area contributed by atoms with Crippen molar-refractivity contribution in [1.29, 1.82) is 0 Å². The Labute approximate surface area is 206 Å². The standard InChI is InChI=1S/C28H33N3O4/c1-2-35-28(25-13-8-10-20-29-25,26-14-9-11-21-30-26)23-18-16-22(17-19-23)24(32)12-6-4-3-5-7-15-27(33)31-34/h8-11,13-14,16-21,34H,2-7,12,15H2,1H3,(H,31,33). The molecule has 0 saturated heterocycles. The molecule has 0 unspecified atom stereocenters. The number of hydrogen-bond acceptors (Lipinski definition) is 6. The summed E-state index contributed by atoms with van der Waals surface area (Å²) in [5.74, 6) is -0.253. The fraction of sp³-hybridized carbons (Fsp3) is 0.357. The van der Waals surface area contributed by atoms with Crippen molar-refractivity contribution < 1.29 is 19.5 Å². The first-order valence-corrected chi connectivity index (χ1v) is 12.2. The van der Waals surface area contributed by atoms with E-state index in [1.54, 1.807) is 17.9 Å². The van der Waals surface area contributed by atoms with Gasteiger partial charge in [0.05, 0.1) is 11.4 Å². The third kappa shape index (κ3) is 6.81. The lowest BCUT2D eigenvalue weighted by Crippen LogP contribution is -2.35. The van der Waals surface area contributed by atoms with Crippen molar-refractivity contribution in [3.8, 4) is 0 Å². The number of ether oxygens (including phenoxy) is 1. The van der Waals surface area contributed by atoms with Gasteiger partial charge in [0.25, 0.3) is 0 Å². The van der Waals surface area contributed by atoms with E-state index in [1.165, 1.54) is 0 Å². The maximum Gasteiger partial charge on any atom is 0.243 e. The molecule has 0 atom stereocenters. The van der Waals surface area contributed by atoms with Crippen LogP contribution in [0.15, 0.2) is 73.1 Å². The van der Waals surface area contributed by atoms with Crippen LogP contribution in [0.25, 0.3) is 0 Å². The summed E-state index contributed by atoms with van der Waals surface area (Å²) in [6.45, 7) is 2.40. The van der Waals surface area contributed by atoms with E-state index in [0.29, 0.717) is 25.0 Å². The summed E-state index contributed by atoms with van der Waals surface area (Å²) in [4.78, 5) is 33.0. The van der Waals surface area contributed by atoms with E-state index in [-0.39, 0.29) is 11.7 Å². The molecule has 0 radical (unpaired) electrons. The van der Waals surface area contributed by atoms with Gasteiger partial charge < -0.3 is 4.74 Å². The average molecular weight is 476 g/mol. The highest BCUT2D eigenvalue weighted by Gasteiger charge is 2.40. The third-order valence-electron chi connectivity index (χ3n) is 5.96. The summed E-state index contributed by atoms with van der Waals surface area (Å²) in [5, 5.41) is 8.50. The van der Waals surface area contributed by atoms with Crippen LogP contribution >= 0.6 is 0 Å². The number of carbonyl (C=O) groups is 2. The van der Waals surface area contributed by atoms with Crippen LogP contribution in [0.1, 0.15) is 79.2 Å². The van der Waals surface area contributed by atoms with Crippen LogP contribution in [0.3, 0.4) is 0 Å². The van der Waals surface area contributed by atoms with Crippen molar-refractivity contribution in [3.63, 3.8) is 0 Å². The van der Waals surface area contributed by atoms with Crippen molar-refractivity contribution in [2.45, 2.75) is 57.5 Å². The summed E-state index contributed by atoms with van der Waals surface area (Å²) < 4.78 is 6.37. The second-order valence-electron chi connectivity index (χ2n) is 8.35. The minimum Gasteiger partial charge on any atom is -0.358 e. The van der Waals surface area contributed by atoms with Crippen LogP contribution in [0.5, 0.6) is 0 Å². The average Bonchev–Trinajstić information content (AvgIpc) is 2.92. The van der Waals surface area contributed by atoms with Gasteiger partial charge in [-0.25, -0.2) is 5.48 Å². The van der Waals surface area contributed by atoms with Gasteiger partial charge in [-0.3, -0.25) is 24.8 Å². The number of nitrogens with one attached hydrogen (secondary N) is 1. The number of hydroxylamine groups is 1. The lowest BCUT2D eigenvalue weighted by molar-refractivity contribution is -0.129. The monoisotopic (exact) mass is 475 g/mol. The fourth-order valence-corrected chi connectivity index (χ4v) is 4.21. The molecule has 3 rings (SSSR count). The molecule has 0 aliphatic carbocycles. The Balaban J connectivity index is 1.70. The molecule has 0 bridgehead atoms. The van der Waals surface area contributed by atoms with Gasteiger partial charge in [0.1, 0.15) is 0 Å². The molecule has 1 amide bonds. The van der Waals surface area contributed by atoms with E-state index in [9.17, 15) is 9.59 Å². The molecule has 7 nitrogen and oxygen atoms in total. The molecule has 0 saturated carbocycles. The minimum atomic E-state index is -0.980. The van der Waals surface area contributed by atoms with Crippen molar-refractivity contribution in [3.05, 3.63) is 95.6 Å². The SMILES string of the molecule is CCOC(c1ccc(C(=O)CCCCCCCC(=O)NO)cc1)(c1ccccn1)c1ccccn1. The topological polar surface area (TPSA) is 101 Å². The van der Waals surface area contributed by atoms with Crippen molar-refractivity contribution in [1.82, 2.24) is 15.4 Å². The van der Waals surface area contributed by atoms with Gasteiger partial charge in [-0.15, -0.1) is 0 Å². The number of Topliss-reactive ketones (excluding diaryl/α,β-unsaturated/α-hetero) is 1. The molecule has 35 heavy (non-hydrogen) atoms. The number of aromatic nitrogens is 2. The van der Waals surface area contributed by atoms with E-state index in [4.69, 9.17) is 9.94 Å². The Hall–Kier alpha value is -3.42. The molecular weight excluding hydrogens is 442 g/mol. The number of rotatable bonds is 14. The minimum absolute atomic E-state index is 0.105. The second-order valence-corrected chi connectivity index (χ2v) is 8.35. The Kier molecular flexibility index (Phi) is 10.1. The lowest BCUT2D eigenvalue weighted by Gasteiger charge is -2.33. The highest BCUT2D eigenvalue weighted by atomic mass is 16.5. The first-order valence-electron chi connectivity index (χ1n) is 12.2. The number of carbonyl (C=O) groups excluding carboxylic acids is 2. The van der Waals surface area contributed by atoms with Crippen LogP contribution in [0.2, 0.25) is 0 Å². The predicted octanol–water partition coefficient (Wildman–Crippen LogP) is 5.22. The maximum absolute atomic E-state index is 12.8. The van der Waals surface area contributed by atoms with Crippen LogP contribution in [-0.2, 0) is 15.1 Å². The van der Waals surface area contributed by atoms with Crippen LogP contribution in [0, 0.1) is 0 Å². The van der Waals surface area contributed by atoms with E-state index >= 15 is 0 Å². The van der Waals surface area contributed by atoms with Crippen LogP contribution in [0.4, 0.5) is 0 Å². The number of nitrogens with zero attached hydrogens (tertiary/aromatic N) is 2. The number of unbranched alkanes of at least 4 members (excludes halogenated alkanes) is 4. The zero-order valence-corrected chi connectivity index (χ0v) is 20.2. The third-order valence-corrected chi connectivity index (χ3v) is 5.96. The van der Waals surface area contributed by atoms with E-state index < -0.39 is 5.60 Å². The predicted molar refractivity (Wildman–Crippen MR) is 133 cm³/mol. The molecule has 0 aliphatic heterocycles. The molecule has 0 aliphatic rings. The summed E-state index contributed by atoms with van der Waals surface area (Å²) in [5.41, 5.74) is 3.65. The van der Waals surface area contributed by atoms with Gasteiger partial charge in [0.15, 0.2) is 11.4 Å². The van der Waals surface area contributed by atoms with Crippen molar-refractivity contribution >= 4 is 11.7 Å². The second kappa shape index (κ2) is 13.5. The molecule has 1 aromatic carbocycles. The van der Waals surface area contributed by atoms with Crippen molar-refractivity contribution in [2.75, 3.05) is 6.61 Å². The number of ketones is 1. The Morgan fingerprint density at radius 2 is 1.40 bits per heavy atom.